The van der Waals surface area contributed by atoms with Crippen LogP contribution in [0.25, 0.3) is 0 Å². The summed E-state index contributed by atoms with van der Waals surface area (Å²) in [6, 6.07) is 8.27. The molecule has 0 saturated carbocycles. The van der Waals surface area contributed by atoms with Crippen molar-refractivity contribution in [2.45, 2.75) is 6.29 Å². The molecular formula is C13H20N2O2. The minimum absolute atomic E-state index is 0.291. The van der Waals surface area contributed by atoms with Crippen molar-refractivity contribution in [1.82, 2.24) is 5.32 Å². The fraction of sp³-hybridized carbons (Fsp3) is 0.538. The maximum atomic E-state index is 5.35. The van der Waals surface area contributed by atoms with Gasteiger partial charge in [-0.15, -0.1) is 0 Å². The van der Waals surface area contributed by atoms with Gasteiger partial charge in [0.15, 0.2) is 6.29 Å². The molecule has 0 radical (unpaired) electrons. The van der Waals surface area contributed by atoms with E-state index in [1.807, 2.05) is 6.07 Å². The third-order valence-corrected chi connectivity index (χ3v) is 3.08. The first-order chi connectivity index (χ1) is 8.36. The number of rotatable bonds is 4. The molecule has 1 aromatic rings. The second kappa shape index (κ2) is 6.00. The molecule has 0 amide bonds. The van der Waals surface area contributed by atoms with E-state index in [0.717, 1.165) is 31.7 Å². The molecule has 2 rings (SSSR count). The molecule has 1 saturated heterocycles. The van der Waals surface area contributed by atoms with Crippen molar-refractivity contribution in [3.63, 3.8) is 0 Å². The molecule has 0 aromatic heterocycles. The van der Waals surface area contributed by atoms with Gasteiger partial charge in [0.2, 0.25) is 0 Å². The van der Waals surface area contributed by atoms with Crippen LogP contribution in [0.4, 0.5) is 5.69 Å². The summed E-state index contributed by atoms with van der Waals surface area (Å²) in [4.78, 5) is 2.37. The van der Waals surface area contributed by atoms with Crippen LogP contribution in [-0.2, 0) is 9.47 Å². The normalized spacial score (nSPS) is 16.5. The summed E-state index contributed by atoms with van der Waals surface area (Å²) < 4.78 is 10.7. The van der Waals surface area contributed by atoms with Crippen molar-refractivity contribution in [2.24, 2.45) is 0 Å². The van der Waals surface area contributed by atoms with Crippen LogP contribution in [0.15, 0.2) is 24.3 Å². The molecule has 0 atom stereocenters. The Bertz CT molecular complexity index is 347. The van der Waals surface area contributed by atoms with Crippen LogP contribution < -0.4 is 10.2 Å². The number of benzene rings is 1. The molecule has 0 bridgehead atoms. The van der Waals surface area contributed by atoms with Gasteiger partial charge in [-0.2, -0.15) is 0 Å². The van der Waals surface area contributed by atoms with Crippen LogP contribution in [0.1, 0.15) is 11.9 Å². The molecule has 94 valence electrons. The molecule has 1 fully saturated rings. The molecule has 0 spiro atoms. The predicted octanol–water partition coefficient (Wildman–Crippen LogP) is 1.39. The predicted molar refractivity (Wildman–Crippen MR) is 68.3 cm³/mol. The SMILES string of the molecule is COC(OC)c1ccccc1N1CCNCC1. The Morgan fingerprint density at radius 3 is 2.41 bits per heavy atom. The Balaban J connectivity index is 2.25. The molecule has 1 heterocycles. The van der Waals surface area contributed by atoms with Gasteiger partial charge in [-0.25, -0.2) is 0 Å². The number of hydrogen-bond acceptors (Lipinski definition) is 4. The number of para-hydroxylation sites is 1. The van der Waals surface area contributed by atoms with Gasteiger partial charge in [0, 0.05) is 51.6 Å². The number of methoxy groups -OCH3 is 2. The van der Waals surface area contributed by atoms with Gasteiger partial charge >= 0.3 is 0 Å². The Hall–Kier alpha value is -1.10. The lowest BCUT2D eigenvalue weighted by molar-refractivity contribution is -0.105. The molecule has 4 heteroatoms. The van der Waals surface area contributed by atoms with E-state index in [0.29, 0.717) is 0 Å². The van der Waals surface area contributed by atoms with Crippen molar-refractivity contribution >= 4 is 5.69 Å². The van der Waals surface area contributed by atoms with E-state index in [9.17, 15) is 0 Å². The molecule has 1 aliphatic heterocycles. The minimum Gasteiger partial charge on any atom is -0.369 e. The van der Waals surface area contributed by atoms with E-state index >= 15 is 0 Å². The van der Waals surface area contributed by atoms with E-state index in [4.69, 9.17) is 9.47 Å². The summed E-state index contributed by atoms with van der Waals surface area (Å²) >= 11 is 0. The highest BCUT2D eigenvalue weighted by Crippen LogP contribution is 2.28. The number of nitrogens with zero attached hydrogens (tertiary/aromatic N) is 1. The minimum atomic E-state index is -0.291. The highest BCUT2D eigenvalue weighted by atomic mass is 16.7. The van der Waals surface area contributed by atoms with Gasteiger partial charge in [0.1, 0.15) is 0 Å². The van der Waals surface area contributed by atoms with Crippen LogP contribution in [0.2, 0.25) is 0 Å². The number of hydrogen-bond donors (Lipinski definition) is 1. The average molecular weight is 236 g/mol. The van der Waals surface area contributed by atoms with Crippen LogP contribution in [0.5, 0.6) is 0 Å². The van der Waals surface area contributed by atoms with Gasteiger partial charge in [-0.3, -0.25) is 0 Å². The number of piperazine rings is 1. The van der Waals surface area contributed by atoms with E-state index in [1.54, 1.807) is 14.2 Å². The smallest absolute Gasteiger partial charge is 0.185 e. The Labute approximate surface area is 103 Å². The van der Waals surface area contributed by atoms with Gasteiger partial charge < -0.3 is 19.7 Å². The van der Waals surface area contributed by atoms with E-state index in [-0.39, 0.29) is 6.29 Å². The second-order valence-electron chi connectivity index (χ2n) is 4.10. The van der Waals surface area contributed by atoms with Crippen LogP contribution >= 0.6 is 0 Å². The summed E-state index contributed by atoms with van der Waals surface area (Å²) in [6.07, 6.45) is -0.291. The highest BCUT2D eigenvalue weighted by Gasteiger charge is 2.18. The van der Waals surface area contributed by atoms with E-state index < -0.39 is 0 Å². The Kier molecular flexibility index (Phi) is 4.36. The summed E-state index contributed by atoms with van der Waals surface area (Å²) in [5.41, 5.74) is 2.31. The van der Waals surface area contributed by atoms with Crippen molar-refractivity contribution in [3.05, 3.63) is 29.8 Å². The number of anilines is 1. The zero-order valence-corrected chi connectivity index (χ0v) is 10.5. The van der Waals surface area contributed by atoms with Crippen LogP contribution in [0.3, 0.4) is 0 Å². The highest BCUT2D eigenvalue weighted by molar-refractivity contribution is 5.54. The number of ether oxygens (including phenoxy) is 2. The first kappa shape index (κ1) is 12.4. The summed E-state index contributed by atoms with van der Waals surface area (Å²) in [7, 11) is 3.34. The zero-order valence-electron chi connectivity index (χ0n) is 10.5. The fourth-order valence-corrected chi connectivity index (χ4v) is 2.23. The number of nitrogens with one attached hydrogen (secondary N) is 1. The average Bonchev–Trinajstić information content (AvgIpc) is 2.42. The van der Waals surface area contributed by atoms with Gasteiger partial charge in [0.05, 0.1) is 0 Å². The molecule has 0 unspecified atom stereocenters. The third kappa shape index (κ3) is 2.77. The summed E-state index contributed by atoms with van der Waals surface area (Å²) in [5, 5.41) is 3.36. The van der Waals surface area contributed by atoms with Gasteiger partial charge in [0.25, 0.3) is 0 Å². The maximum absolute atomic E-state index is 5.35. The van der Waals surface area contributed by atoms with Crippen molar-refractivity contribution in [2.75, 3.05) is 45.3 Å². The first-order valence-corrected chi connectivity index (χ1v) is 5.97. The van der Waals surface area contributed by atoms with Crippen molar-refractivity contribution in [3.8, 4) is 0 Å². The van der Waals surface area contributed by atoms with Crippen LogP contribution in [0, 0.1) is 0 Å². The zero-order chi connectivity index (χ0) is 12.1. The second-order valence-corrected chi connectivity index (χ2v) is 4.10. The summed E-state index contributed by atoms with van der Waals surface area (Å²) in [6.45, 7) is 4.10. The standard InChI is InChI=1S/C13H20N2O2/c1-16-13(17-2)11-5-3-4-6-12(11)15-9-7-14-8-10-15/h3-6,13-14H,7-10H2,1-2H3. The third-order valence-electron chi connectivity index (χ3n) is 3.08. The largest absolute Gasteiger partial charge is 0.369 e. The molecular weight excluding hydrogens is 216 g/mol. The van der Waals surface area contributed by atoms with Gasteiger partial charge in [-0.1, -0.05) is 18.2 Å². The molecule has 0 aliphatic carbocycles. The Morgan fingerprint density at radius 2 is 1.76 bits per heavy atom. The first-order valence-electron chi connectivity index (χ1n) is 5.97. The molecule has 4 nitrogen and oxygen atoms in total. The maximum Gasteiger partial charge on any atom is 0.185 e. The fourth-order valence-electron chi connectivity index (χ4n) is 2.23. The Morgan fingerprint density at radius 1 is 1.12 bits per heavy atom. The monoisotopic (exact) mass is 236 g/mol. The van der Waals surface area contributed by atoms with Gasteiger partial charge in [-0.05, 0) is 6.07 Å². The van der Waals surface area contributed by atoms with E-state index in [2.05, 4.69) is 28.4 Å². The molecule has 17 heavy (non-hydrogen) atoms. The van der Waals surface area contributed by atoms with Crippen molar-refractivity contribution < 1.29 is 9.47 Å². The van der Waals surface area contributed by atoms with E-state index in [1.165, 1.54) is 5.69 Å². The quantitative estimate of drug-likeness (QED) is 0.801. The lowest BCUT2D eigenvalue weighted by Gasteiger charge is -2.32. The molecule has 1 aromatic carbocycles. The van der Waals surface area contributed by atoms with Crippen LogP contribution in [-0.4, -0.2) is 40.4 Å². The summed E-state index contributed by atoms with van der Waals surface area (Å²) in [5.74, 6) is 0. The van der Waals surface area contributed by atoms with Crippen molar-refractivity contribution in [1.29, 1.82) is 0 Å². The topological polar surface area (TPSA) is 33.7 Å². The molecule has 1 N–H and O–H groups in total. The lowest BCUT2D eigenvalue weighted by Crippen LogP contribution is -2.44. The lowest BCUT2D eigenvalue weighted by atomic mass is 10.1. The molecule has 1 aliphatic rings.